The average molecular weight is 480 g/mol. The molecule has 0 radical (unpaired) electrons. The van der Waals surface area contributed by atoms with Gasteiger partial charge in [-0.25, -0.2) is 4.98 Å². The van der Waals surface area contributed by atoms with Crippen LogP contribution in [0.1, 0.15) is 36.0 Å². The summed E-state index contributed by atoms with van der Waals surface area (Å²) in [6.07, 6.45) is 7.81. The van der Waals surface area contributed by atoms with Crippen LogP contribution >= 0.6 is 0 Å². The predicted molar refractivity (Wildman–Crippen MR) is 136 cm³/mol. The molecule has 1 aromatic heterocycles. The largest absolute Gasteiger partial charge is 0.493 e. The minimum atomic E-state index is -0.812. The second-order valence-electron chi connectivity index (χ2n) is 9.55. The van der Waals surface area contributed by atoms with E-state index < -0.39 is 5.60 Å². The van der Waals surface area contributed by atoms with Gasteiger partial charge in [0.1, 0.15) is 19.0 Å². The summed E-state index contributed by atoms with van der Waals surface area (Å²) in [5.41, 5.74) is 2.67. The van der Waals surface area contributed by atoms with Gasteiger partial charge >= 0.3 is 0 Å². The topological polar surface area (TPSA) is 69.0 Å². The maximum absolute atomic E-state index is 11.2. The van der Waals surface area contributed by atoms with E-state index in [0.717, 1.165) is 61.8 Å². The van der Waals surface area contributed by atoms with Crippen molar-refractivity contribution in [2.75, 3.05) is 33.4 Å². The van der Waals surface area contributed by atoms with Gasteiger partial charge < -0.3 is 23.9 Å². The third-order valence-corrected chi connectivity index (χ3v) is 6.64. The van der Waals surface area contributed by atoms with Crippen molar-refractivity contribution in [2.24, 2.45) is 0 Å². The zero-order chi connectivity index (χ0) is 24.7. The molecule has 3 aromatic rings. The van der Waals surface area contributed by atoms with E-state index in [-0.39, 0.29) is 0 Å². The molecule has 188 valence electrons. The van der Waals surface area contributed by atoms with Gasteiger partial charge in [-0.05, 0) is 69.0 Å². The molecule has 1 atom stereocenters. The fourth-order valence-corrected chi connectivity index (χ4v) is 4.58. The van der Waals surface area contributed by atoms with Crippen LogP contribution in [-0.4, -0.2) is 58.6 Å². The summed E-state index contributed by atoms with van der Waals surface area (Å²) in [7, 11) is 1.66. The van der Waals surface area contributed by atoms with Gasteiger partial charge in [0, 0.05) is 25.5 Å². The number of aliphatic hydroxyl groups is 1. The molecule has 0 amide bonds. The summed E-state index contributed by atoms with van der Waals surface area (Å²) in [6, 6.07) is 12.3. The second kappa shape index (κ2) is 11.6. The van der Waals surface area contributed by atoms with Gasteiger partial charge in [-0.3, -0.25) is 4.90 Å². The molecular weight excluding hydrogens is 442 g/mol. The number of aryl methyl sites for hydroxylation is 2. The van der Waals surface area contributed by atoms with Gasteiger partial charge in [0.25, 0.3) is 0 Å². The molecule has 0 saturated carbocycles. The molecular formula is C28H37N3O4. The Bertz CT molecular complexity index is 1090. The summed E-state index contributed by atoms with van der Waals surface area (Å²) >= 11 is 0. The first-order valence-electron chi connectivity index (χ1n) is 12.3. The van der Waals surface area contributed by atoms with Crippen LogP contribution in [0.4, 0.5) is 0 Å². The number of likely N-dealkylation sites (tertiary alicyclic amines) is 1. The monoisotopic (exact) mass is 479 g/mol. The Morgan fingerprint density at radius 1 is 1.00 bits per heavy atom. The van der Waals surface area contributed by atoms with Gasteiger partial charge in [-0.1, -0.05) is 23.8 Å². The lowest BCUT2D eigenvalue weighted by atomic mass is 9.96. The van der Waals surface area contributed by atoms with Crippen LogP contribution in [0.25, 0.3) is 0 Å². The molecule has 1 aliphatic heterocycles. The maximum Gasteiger partial charge on any atom is 0.161 e. The minimum absolute atomic E-state index is 0.322. The SMILES string of the molecule is COc1ccc(CN2CCC[C@@](O)(COc3ccc(C)cc3C)CC2)cc1OCCn1ccnc1. The molecule has 1 saturated heterocycles. The normalized spacial score (nSPS) is 18.7. The maximum atomic E-state index is 11.2. The van der Waals surface area contributed by atoms with Crippen molar-refractivity contribution >= 4 is 0 Å². The van der Waals surface area contributed by atoms with Crippen LogP contribution in [0.15, 0.2) is 55.1 Å². The van der Waals surface area contributed by atoms with Gasteiger partial charge in [-0.2, -0.15) is 0 Å². The van der Waals surface area contributed by atoms with Crippen molar-refractivity contribution in [3.05, 3.63) is 71.8 Å². The number of hydrogen-bond acceptors (Lipinski definition) is 6. The molecule has 35 heavy (non-hydrogen) atoms. The highest BCUT2D eigenvalue weighted by Crippen LogP contribution is 2.30. The number of aromatic nitrogens is 2. The molecule has 1 fully saturated rings. The van der Waals surface area contributed by atoms with Crippen molar-refractivity contribution in [1.82, 2.24) is 14.5 Å². The summed E-state index contributed by atoms with van der Waals surface area (Å²) in [5, 5.41) is 11.2. The Hall–Kier alpha value is -3.03. The molecule has 7 nitrogen and oxygen atoms in total. The van der Waals surface area contributed by atoms with E-state index in [9.17, 15) is 5.11 Å². The van der Waals surface area contributed by atoms with E-state index >= 15 is 0 Å². The van der Waals surface area contributed by atoms with E-state index in [0.29, 0.717) is 19.6 Å². The van der Waals surface area contributed by atoms with Gasteiger partial charge in [0.05, 0.1) is 25.6 Å². The molecule has 7 heteroatoms. The number of ether oxygens (including phenoxy) is 3. The van der Waals surface area contributed by atoms with Gasteiger partial charge in [0.2, 0.25) is 0 Å². The van der Waals surface area contributed by atoms with Crippen molar-refractivity contribution < 1.29 is 19.3 Å². The van der Waals surface area contributed by atoms with Crippen LogP contribution in [0.3, 0.4) is 0 Å². The molecule has 4 rings (SSSR count). The van der Waals surface area contributed by atoms with E-state index in [1.54, 1.807) is 19.6 Å². The average Bonchev–Trinajstić information content (AvgIpc) is 3.29. The summed E-state index contributed by atoms with van der Waals surface area (Å²) in [5.74, 6) is 2.33. The first-order chi connectivity index (χ1) is 16.9. The molecule has 0 spiro atoms. The number of imidazole rings is 1. The van der Waals surface area contributed by atoms with Crippen molar-refractivity contribution in [3.63, 3.8) is 0 Å². The standard InChI is InChI=1S/C28H37N3O4/c1-22-5-7-25(23(2)17-22)35-20-28(32)9-4-12-30(13-10-28)19-24-6-8-26(33-3)27(18-24)34-16-15-31-14-11-29-21-31/h5-8,11,14,17-18,21,32H,4,9-10,12-13,15-16,19-20H2,1-3H3/t28-/m0/s1. The molecule has 0 aliphatic carbocycles. The first-order valence-corrected chi connectivity index (χ1v) is 12.3. The fraction of sp³-hybridized carbons (Fsp3) is 0.464. The van der Waals surface area contributed by atoms with Crippen molar-refractivity contribution in [1.29, 1.82) is 0 Å². The Labute approximate surface area is 208 Å². The summed E-state index contributed by atoms with van der Waals surface area (Å²) in [4.78, 5) is 6.46. The number of rotatable bonds is 10. The van der Waals surface area contributed by atoms with Crippen LogP contribution in [0.5, 0.6) is 17.2 Å². The molecule has 2 aromatic carbocycles. The fourth-order valence-electron chi connectivity index (χ4n) is 4.58. The zero-order valence-electron chi connectivity index (χ0n) is 21.1. The lowest BCUT2D eigenvalue weighted by Crippen LogP contribution is -2.37. The van der Waals surface area contributed by atoms with Crippen molar-refractivity contribution in [3.8, 4) is 17.2 Å². The minimum Gasteiger partial charge on any atom is -0.493 e. The van der Waals surface area contributed by atoms with Crippen molar-refractivity contribution in [2.45, 2.75) is 51.8 Å². The Kier molecular flexibility index (Phi) is 8.31. The smallest absolute Gasteiger partial charge is 0.161 e. The van der Waals surface area contributed by atoms with Gasteiger partial charge in [-0.15, -0.1) is 0 Å². The molecule has 0 bridgehead atoms. The van der Waals surface area contributed by atoms with Crippen LogP contribution < -0.4 is 14.2 Å². The summed E-state index contributed by atoms with van der Waals surface area (Å²) < 4.78 is 19.6. The molecule has 0 unspecified atom stereocenters. The van der Waals surface area contributed by atoms with E-state index in [4.69, 9.17) is 14.2 Å². The van der Waals surface area contributed by atoms with Crippen LogP contribution in [0.2, 0.25) is 0 Å². The molecule has 1 aliphatic rings. The van der Waals surface area contributed by atoms with E-state index in [2.05, 4.69) is 35.0 Å². The molecule has 2 heterocycles. The highest BCUT2D eigenvalue weighted by atomic mass is 16.5. The highest BCUT2D eigenvalue weighted by Gasteiger charge is 2.31. The third-order valence-electron chi connectivity index (χ3n) is 6.64. The predicted octanol–water partition coefficient (Wildman–Crippen LogP) is 4.38. The number of benzene rings is 2. The second-order valence-corrected chi connectivity index (χ2v) is 9.55. The first kappa shape index (κ1) is 25.1. The van der Waals surface area contributed by atoms with Crippen LogP contribution in [-0.2, 0) is 13.1 Å². The van der Waals surface area contributed by atoms with E-state index in [1.165, 1.54) is 11.1 Å². The quantitative estimate of drug-likeness (QED) is 0.465. The Morgan fingerprint density at radius 2 is 1.86 bits per heavy atom. The van der Waals surface area contributed by atoms with Crippen LogP contribution in [0, 0.1) is 13.8 Å². The summed E-state index contributed by atoms with van der Waals surface area (Å²) in [6.45, 7) is 8.26. The lowest BCUT2D eigenvalue weighted by Gasteiger charge is -2.27. The Morgan fingerprint density at radius 3 is 2.63 bits per heavy atom. The van der Waals surface area contributed by atoms with Gasteiger partial charge in [0.15, 0.2) is 11.5 Å². The molecule has 1 N–H and O–H groups in total. The van der Waals surface area contributed by atoms with E-state index in [1.807, 2.05) is 35.9 Å². The zero-order valence-corrected chi connectivity index (χ0v) is 21.1. The number of nitrogens with zero attached hydrogens (tertiary/aromatic N) is 3. The lowest BCUT2D eigenvalue weighted by molar-refractivity contribution is -0.0170. The number of hydrogen-bond donors (Lipinski definition) is 1. The Balaban J connectivity index is 1.32. The highest BCUT2D eigenvalue weighted by molar-refractivity contribution is 5.43. The number of methoxy groups -OCH3 is 1. The third kappa shape index (κ3) is 6.99.